The Morgan fingerprint density at radius 1 is 1.23 bits per heavy atom. The third kappa shape index (κ3) is 2.85. The lowest BCUT2D eigenvalue weighted by molar-refractivity contribution is 0.0524. The van der Waals surface area contributed by atoms with E-state index in [1.807, 2.05) is 0 Å². The molecular weight excluding hydrogens is 342 g/mol. The molecular formula is C19H16F2N2O3. The zero-order valence-electron chi connectivity index (χ0n) is 14.3. The maximum Gasteiger partial charge on any atom is 0.343 e. The first-order chi connectivity index (χ1) is 12.5. The van der Waals surface area contributed by atoms with Crippen molar-refractivity contribution >= 4 is 16.9 Å². The molecule has 3 rings (SSSR count). The Labute approximate surface area is 147 Å². The first kappa shape index (κ1) is 17.7. The maximum absolute atomic E-state index is 15.2. The van der Waals surface area contributed by atoms with Gasteiger partial charge in [0, 0.05) is 25.1 Å². The molecule has 3 aromatic rings. The van der Waals surface area contributed by atoms with Gasteiger partial charge in [-0.15, -0.1) is 0 Å². The Hall–Kier alpha value is -3.09. The van der Waals surface area contributed by atoms with E-state index in [-0.39, 0.29) is 35.2 Å². The average molecular weight is 358 g/mol. The molecule has 2 aromatic heterocycles. The fraction of sp³-hybridized carbons (Fsp3) is 0.211. The smallest absolute Gasteiger partial charge is 0.343 e. The normalized spacial score (nSPS) is 10.9. The van der Waals surface area contributed by atoms with Crippen LogP contribution in [0.3, 0.4) is 0 Å². The van der Waals surface area contributed by atoms with Crippen molar-refractivity contribution in [1.29, 1.82) is 0 Å². The van der Waals surface area contributed by atoms with Crippen molar-refractivity contribution < 1.29 is 18.3 Å². The molecule has 0 radical (unpaired) electrons. The van der Waals surface area contributed by atoms with Crippen molar-refractivity contribution in [1.82, 2.24) is 9.55 Å². The monoisotopic (exact) mass is 358 g/mol. The van der Waals surface area contributed by atoms with Gasteiger partial charge in [0.05, 0.1) is 23.1 Å². The van der Waals surface area contributed by atoms with E-state index in [0.717, 1.165) is 6.07 Å². The largest absolute Gasteiger partial charge is 0.462 e. The van der Waals surface area contributed by atoms with E-state index in [9.17, 15) is 14.0 Å². The third-order valence-corrected chi connectivity index (χ3v) is 4.06. The average Bonchev–Trinajstić information content (AvgIpc) is 2.63. The van der Waals surface area contributed by atoms with Crippen LogP contribution in [-0.2, 0) is 11.3 Å². The minimum absolute atomic E-state index is 0.0567. The van der Waals surface area contributed by atoms with Crippen LogP contribution in [0, 0.1) is 11.6 Å². The SMILES string of the molecule is CCOC(=O)c1cn(CC)c2c(F)c(-c3ccncc3)c(F)cc2c1=O. The molecule has 5 nitrogen and oxygen atoms in total. The molecule has 134 valence electrons. The van der Waals surface area contributed by atoms with E-state index in [1.165, 1.54) is 35.3 Å². The Bertz CT molecular complexity index is 1050. The number of benzene rings is 1. The maximum atomic E-state index is 15.2. The van der Waals surface area contributed by atoms with Crippen LogP contribution in [0.15, 0.2) is 41.6 Å². The van der Waals surface area contributed by atoms with E-state index in [1.54, 1.807) is 13.8 Å². The highest BCUT2D eigenvalue weighted by Crippen LogP contribution is 2.31. The van der Waals surface area contributed by atoms with Crippen molar-refractivity contribution in [2.45, 2.75) is 20.4 Å². The molecule has 0 fully saturated rings. The summed E-state index contributed by atoms with van der Waals surface area (Å²) in [6.07, 6.45) is 4.10. The van der Waals surface area contributed by atoms with E-state index in [4.69, 9.17) is 4.74 Å². The van der Waals surface area contributed by atoms with Crippen molar-refractivity contribution in [3.05, 3.63) is 64.2 Å². The lowest BCUT2D eigenvalue weighted by atomic mass is 10.0. The standard InChI is InChI=1S/C19H16F2N2O3/c1-3-23-10-13(19(25)26-4-2)18(24)12-9-14(20)15(16(21)17(12)23)11-5-7-22-8-6-11/h5-10H,3-4H2,1-2H3. The second-order valence-electron chi connectivity index (χ2n) is 5.56. The molecule has 0 aliphatic carbocycles. The van der Waals surface area contributed by atoms with Crippen molar-refractivity contribution in [2.75, 3.05) is 6.61 Å². The molecule has 0 saturated carbocycles. The summed E-state index contributed by atoms with van der Waals surface area (Å²) in [5.74, 6) is -2.57. The molecule has 0 atom stereocenters. The van der Waals surface area contributed by atoms with Gasteiger partial charge in [-0.05, 0) is 37.6 Å². The lowest BCUT2D eigenvalue weighted by Gasteiger charge is -2.15. The predicted molar refractivity (Wildman–Crippen MR) is 93.0 cm³/mol. The van der Waals surface area contributed by atoms with Crippen LogP contribution >= 0.6 is 0 Å². The number of fused-ring (bicyclic) bond motifs is 1. The summed E-state index contributed by atoms with van der Waals surface area (Å²) in [7, 11) is 0. The molecule has 7 heteroatoms. The molecule has 0 unspecified atom stereocenters. The molecule has 26 heavy (non-hydrogen) atoms. The number of pyridine rings is 2. The van der Waals surface area contributed by atoms with Crippen LogP contribution in [-0.4, -0.2) is 22.1 Å². The molecule has 0 N–H and O–H groups in total. The predicted octanol–water partition coefficient (Wildman–Crippen LogP) is 3.54. The highest BCUT2D eigenvalue weighted by atomic mass is 19.1. The summed E-state index contributed by atoms with van der Waals surface area (Å²) in [6, 6.07) is 3.93. The Balaban J connectivity index is 2.38. The summed E-state index contributed by atoms with van der Waals surface area (Å²) in [6.45, 7) is 3.71. The number of carbonyl (C=O) groups is 1. The van der Waals surface area contributed by atoms with Gasteiger partial charge < -0.3 is 9.30 Å². The number of rotatable bonds is 4. The van der Waals surface area contributed by atoms with E-state index < -0.39 is 23.0 Å². The van der Waals surface area contributed by atoms with Crippen LogP contribution in [0.4, 0.5) is 8.78 Å². The summed E-state index contributed by atoms with van der Waals surface area (Å²) < 4.78 is 36.1. The quantitative estimate of drug-likeness (QED) is 0.670. The first-order valence-corrected chi connectivity index (χ1v) is 8.12. The van der Waals surface area contributed by atoms with Crippen LogP contribution in [0.25, 0.3) is 22.0 Å². The molecule has 0 spiro atoms. The number of esters is 1. The zero-order chi connectivity index (χ0) is 18.8. The van der Waals surface area contributed by atoms with Gasteiger partial charge in [0.2, 0.25) is 5.43 Å². The molecule has 2 heterocycles. The van der Waals surface area contributed by atoms with Crippen LogP contribution in [0.5, 0.6) is 0 Å². The molecule has 0 aliphatic heterocycles. The van der Waals surface area contributed by atoms with Gasteiger partial charge in [-0.1, -0.05) is 0 Å². The highest BCUT2D eigenvalue weighted by molar-refractivity contribution is 5.95. The summed E-state index contributed by atoms with van der Waals surface area (Å²) >= 11 is 0. The molecule has 1 aromatic carbocycles. The van der Waals surface area contributed by atoms with Crippen LogP contribution in [0.2, 0.25) is 0 Å². The Morgan fingerprint density at radius 2 is 1.92 bits per heavy atom. The molecule has 0 aliphatic rings. The van der Waals surface area contributed by atoms with Gasteiger partial charge in [0.25, 0.3) is 0 Å². The number of carbonyl (C=O) groups excluding carboxylic acids is 1. The Kier molecular flexibility index (Phi) is 4.79. The van der Waals surface area contributed by atoms with E-state index in [0.29, 0.717) is 5.56 Å². The van der Waals surface area contributed by atoms with Gasteiger partial charge in [-0.2, -0.15) is 0 Å². The van der Waals surface area contributed by atoms with Gasteiger partial charge in [-0.3, -0.25) is 9.78 Å². The number of nitrogens with zero attached hydrogens (tertiary/aromatic N) is 2. The number of halogens is 2. The van der Waals surface area contributed by atoms with Crippen LogP contribution in [0.1, 0.15) is 24.2 Å². The lowest BCUT2D eigenvalue weighted by Crippen LogP contribution is -2.21. The van der Waals surface area contributed by atoms with Crippen molar-refractivity contribution in [3.63, 3.8) is 0 Å². The summed E-state index contributed by atoms with van der Waals surface area (Å²) in [5, 5.41) is -0.204. The highest BCUT2D eigenvalue weighted by Gasteiger charge is 2.23. The fourth-order valence-corrected chi connectivity index (χ4v) is 2.87. The van der Waals surface area contributed by atoms with Gasteiger partial charge >= 0.3 is 5.97 Å². The first-order valence-electron chi connectivity index (χ1n) is 8.12. The molecule has 0 saturated heterocycles. The third-order valence-electron chi connectivity index (χ3n) is 4.06. The second kappa shape index (κ2) is 7.03. The number of ether oxygens (including phenoxy) is 1. The van der Waals surface area contributed by atoms with Crippen LogP contribution < -0.4 is 5.43 Å². The van der Waals surface area contributed by atoms with Gasteiger partial charge in [0.15, 0.2) is 5.82 Å². The number of aryl methyl sites for hydroxylation is 1. The van der Waals surface area contributed by atoms with Crippen molar-refractivity contribution in [3.8, 4) is 11.1 Å². The van der Waals surface area contributed by atoms with E-state index in [2.05, 4.69) is 4.98 Å². The number of aromatic nitrogens is 2. The molecule has 0 bridgehead atoms. The van der Waals surface area contributed by atoms with Gasteiger partial charge in [0.1, 0.15) is 11.4 Å². The van der Waals surface area contributed by atoms with E-state index >= 15 is 4.39 Å². The number of hydrogen-bond donors (Lipinski definition) is 0. The topological polar surface area (TPSA) is 61.2 Å². The second-order valence-corrected chi connectivity index (χ2v) is 5.56. The fourth-order valence-electron chi connectivity index (χ4n) is 2.87. The zero-order valence-corrected chi connectivity index (χ0v) is 14.3. The Morgan fingerprint density at radius 3 is 2.54 bits per heavy atom. The van der Waals surface area contributed by atoms with Crippen molar-refractivity contribution in [2.24, 2.45) is 0 Å². The van der Waals surface area contributed by atoms with Gasteiger partial charge in [-0.25, -0.2) is 13.6 Å². The number of hydrogen-bond acceptors (Lipinski definition) is 4. The summed E-state index contributed by atoms with van der Waals surface area (Å²) in [5.41, 5.74) is -1.01. The minimum atomic E-state index is -0.887. The summed E-state index contributed by atoms with van der Waals surface area (Å²) in [4.78, 5) is 28.5. The molecule has 0 amide bonds. The minimum Gasteiger partial charge on any atom is -0.462 e.